The first-order valence-corrected chi connectivity index (χ1v) is 9.27. The van der Waals surface area contributed by atoms with Crippen molar-refractivity contribution >= 4 is 17.5 Å². The van der Waals surface area contributed by atoms with E-state index in [1.54, 1.807) is 15.8 Å². The second-order valence-electron chi connectivity index (χ2n) is 6.77. The Morgan fingerprint density at radius 1 is 1.27 bits per heavy atom. The van der Waals surface area contributed by atoms with Crippen LogP contribution in [0.5, 0.6) is 0 Å². The molecule has 1 fully saturated rings. The van der Waals surface area contributed by atoms with Crippen molar-refractivity contribution in [2.75, 3.05) is 18.0 Å². The number of nitrogens with one attached hydrogen (secondary N) is 1. The highest BCUT2D eigenvalue weighted by Gasteiger charge is 2.35. The van der Waals surface area contributed by atoms with Crippen LogP contribution in [0.15, 0.2) is 36.5 Å². The Hall–Kier alpha value is -2.63. The number of aryl methyl sites for hydroxylation is 1. The molecule has 0 saturated carbocycles. The number of para-hydroxylation sites is 1. The van der Waals surface area contributed by atoms with Crippen molar-refractivity contribution in [2.45, 2.75) is 38.5 Å². The van der Waals surface area contributed by atoms with E-state index in [1.807, 2.05) is 37.4 Å². The first-order valence-electron chi connectivity index (χ1n) is 9.27. The molecule has 2 heterocycles. The first-order chi connectivity index (χ1) is 12.6. The number of unbranched alkanes of at least 4 members (excludes halogenated alkanes) is 2. The number of nitrogens with zero attached hydrogens (tertiary/aromatic N) is 3. The predicted molar refractivity (Wildman–Crippen MR) is 101 cm³/mol. The van der Waals surface area contributed by atoms with E-state index in [2.05, 4.69) is 17.3 Å². The fourth-order valence-electron chi connectivity index (χ4n) is 3.53. The Balaban J connectivity index is 1.75. The van der Waals surface area contributed by atoms with Crippen LogP contribution in [0.25, 0.3) is 0 Å². The van der Waals surface area contributed by atoms with Gasteiger partial charge in [-0.15, -0.1) is 0 Å². The van der Waals surface area contributed by atoms with E-state index in [0.29, 0.717) is 25.1 Å². The van der Waals surface area contributed by atoms with Gasteiger partial charge in [0, 0.05) is 38.2 Å². The molecule has 2 aromatic rings. The van der Waals surface area contributed by atoms with Gasteiger partial charge in [0.25, 0.3) is 5.91 Å². The van der Waals surface area contributed by atoms with E-state index in [0.717, 1.165) is 30.6 Å². The largest absolute Gasteiger partial charge is 0.352 e. The zero-order chi connectivity index (χ0) is 18.5. The van der Waals surface area contributed by atoms with Gasteiger partial charge in [0.2, 0.25) is 5.91 Å². The number of hydrogen-bond donors (Lipinski definition) is 1. The topological polar surface area (TPSA) is 67.2 Å². The molecular formula is C20H26N4O2. The zero-order valence-corrected chi connectivity index (χ0v) is 15.4. The van der Waals surface area contributed by atoms with Crippen molar-refractivity contribution in [3.8, 4) is 0 Å². The van der Waals surface area contributed by atoms with Crippen LogP contribution in [-0.2, 0) is 11.8 Å². The van der Waals surface area contributed by atoms with Crippen LogP contribution < -0.4 is 10.2 Å². The third-order valence-electron chi connectivity index (χ3n) is 4.87. The van der Waals surface area contributed by atoms with Crippen molar-refractivity contribution in [2.24, 2.45) is 7.05 Å². The minimum absolute atomic E-state index is 0.0356. The summed E-state index contributed by atoms with van der Waals surface area (Å²) in [5.41, 5.74) is 2.31. The molecule has 2 amide bonds. The quantitative estimate of drug-likeness (QED) is 0.778. The average molecular weight is 354 g/mol. The second-order valence-corrected chi connectivity index (χ2v) is 6.77. The molecule has 1 saturated heterocycles. The molecular weight excluding hydrogens is 328 g/mol. The van der Waals surface area contributed by atoms with E-state index in [4.69, 9.17) is 0 Å². The summed E-state index contributed by atoms with van der Waals surface area (Å²) in [6.45, 7) is 3.37. The fourth-order valence-corrected chi connectivity index (χ4v) is 3.53. The summed E-state index contributed by atoms with van der Waals surface area (Å²) >= 11 is 0. The molecule has 1 atom stereocenters. The lowest BCUT2D eigenvalue weighted by Crippen LogP contribution is -2.27. The minimum atomic E-state index is -0.102. The van der Waals surface area contributed by atoms with Gasteiger partial charge in [-0.1, -0.05) is 38.0 Å². The maximum atomic E-state index is 12.6. The lowest BCUT2D eigenvalue weighted by molar-refractivity contribution is -0.117. The molecule has 26 heavy (non-hydrogen) atoms. The van der Waals surface area contributed by atoms with Crippen LogP contribution in [0.3, 0.4) is 0 Å². The normalized spacial score (nSPS) is 16.9. The van der Waals surface area contributed by atoms with E-state index in [1.165, 1.54) is 0 Å². The molecule has 0 aliphatic carbocycles. The summed E-state index contributed by atoms with van der Waals surface area (Å²) in [6, 6.07) is 9.66. The summed E-state index contributed by atoms with van der Waals surface area (Å²) in [5.74, 6) is -0.0573. The minimum Gasteiger partial charge on any atom is -0.352 e. The van der Waals surface area contributed by atoms with Crippen LogP contribution in [0, 0.1) is 0 Å². The van der Waals surface area contributed by atoms with Crippen molar-refractivity contribution in [3.05, 3.63) is 47.8 Å². The van der Waals surface area contributed by atoms with E-state index in [-0.39, 0.29) is 17.7 Å². The number of rotatable bonds is 7. The molecule has 0 bridgehead atoms. The lowest BCUT2D eigenvalue weighted by atomic mass is 10.00. The van der Waals surface area contributed by atoms with Crippen molar-refractivity contribution in [3.63, 3.8) is 0 Å². The SMILES string of the molecule is CCCCCNC(=O)c1cnn(C)c1C1CC(=O)N(c2ccccc2)C1. The van der Waals surface area contributed by atoms with Gasteiger partial charge in [-0.05, 0) is 18.6 Å². The van der Waals surface area contributed by atoms with Gasteiger partial charge in [-0.2, -0.15) is 5.10 Å². The zero-order valence-electron chi connectivity index (χ0n) is 15.4. The Labute approximate surface area is 154 Å². The molecule has 0 spiro atoms. The van der Waals surface area contributed by atoms with Crippen LogP contribution >= 0.6 is 0 Å². The number of anilines is 1. The molecule has 0 radical (unpaired) electrons. The summed E-state index contributed by atoms with van der Waals surface area (Å²) in [6.07, 6.45) is 5.20. The van der Waals surface area contributed by atoms with Crippen LogP contribution in [0.1, 0.15) is 54.6 Å². The van der Waals surface area contributed by atoms with Gasteiger partial charge < -0.3 is 10.2 Å². The highest BCUT2D eigenvalue weighted by Crippen LogP contribution is 2.33. The number of amides is 2. The molecule has 1 N–H and O–H groups in total. The molecule has 1 aliphatic rings. The molecule has 1 aliphatic heterocycles. The molecule has 1 aromatic carbocycles. The van der Waals surface area contributed by atoms with Gasteiger partial charge in [0.05, 0.1) is 17.5 Å². The highest BCUT2D eigenvalue weighted by molar-refractivity contribution is 5.98. The molecule has 1 unspecified atom stereocenters. The highest BCUT2D eigenvalue weighted by atomic mass is 16.2. The number of aromatic nitrogens is 2. The van der Waals surface area contributed by atoms with E-state index >= 15 is 0 Å². The number of benzene rings is 1. The Bertz CT molecular complexity index is 769. The van der Waals surface area contributed by atoms with Gasteiger partial charge in [-0.25, -0.2) is 0 Å². The van der Waals surface area contributed by atoms with E-state index in [9.17, 15) is 9.59 Å². The summed E-state index contributed by atoms with van der Waals surface area (Å²) in [5, 5.41) is 7.25. The molecule has 6 heteroatoms. The van der Waals surface area contributed by atoms with Crippen molar-refractivity contribution in [1.29, 1.82) is 0 Å². The van der Waals surface area contributed by atoms with Gasteiger partial charge >= 0.3 is 0 Å². The van der Waals surface area contributed by atoms with Crippen LogP contribution in [0.2, 0.25) is 0 Å². The third kappa shape index (κ3) is 3.79. The van der Waals surface area contributed by atoms with Gasteiger partial charge in [0.15, 0.2) is 0 Å². The summed E-state index contributed by atoms with van der Waals surface area (Å²) in [7, 11) is 1.83. The Morgan fingerprint density at radius 2 is 2.04 bits per heavy atom. The average Bonchev–Trinajstić information content (AvgIpc) is 3.22. The molecule has 1 aromatic heterocycles. The molecule has 6 nitrogen and oxygen atoms in total. The second kappa shape index (κ2) is 8.17. The number of carbonyl (C=O) groups is 2. The fraction of sp³-hybridized carbons (Fsp3) is 0.450. The third-order valence-corrected chi connectivity index (χ3v) is 4.87. The standard InChI is InChI=1S/C20H26N4O2/c1-3-4-8-11-21-20(26)17-13-22-23(2)19(17)15-12-18(25)24(14-15)16-9-6-5-7-10-16/h5-7,9-10,13,15H,3-4,8,11-12,14H2,1-2H3,(H,21,26). The summed E-state index contributed by atoms with van der Waals surface area (Å²) in [4.78, 5) is 26.9. The monoisotopic (exact) mass is 354 g/mol. The smallest absolute Gasteiger partial charge is 0.254 e. The van der Waals surface area contributed by atoms with E-state index < -0.39 is 0 Å². The van der Waals surface area contributed by atoms with Crippen molar-refractivity contribution < 1.29 is 9.59 Å². The lowest BCUT2D eigenvalue weighted by Gasteiger charge is -2.17. The summed E-state index contributed by atoms with van der Waals surface area (Å²) < 4.78 is 1.73. The van der Waals surface area contributed by atoms with Crippen LogP contribution in [0.4, 0.5) is 5.69 Å². The van der Waals surface area contributed by atoms with Gasteiger partial charge in [-0.3, -0.25) is 14.3 Å². The molecule has 138 valence electrons. The predicted octanol–water partition coefficient (Wildman–Crippen LogP) is 2.86. The first kappa shape index (κ1) is 18.2. The number of carbonyl (C=O) groups excluding carboxylic acids is 2. The number of hydrogen-bond acceptors (Lipinski definition) is 3. The maximum absolute atomic E-state index is 12.6. The Morgan fingerprint density at radius 3 is 2.77 bits per heavy atom. The van der Waals surface area contributed by atoms with Gasteiger partial charge in [0.1, 0.15) is 0 Å². The Kier molecular flexibility index (Phi) is 5.71. The maximum Gasteiger partial charge on any atom is 0.254 e. The molecule has 3 rings (SSSR count). The van der Waals surface area contributed by atoms with Crippen molar-refractivity contribution in [1.82, 2.24) is 15.1 Å². The van der Waals surface area contributed by atoms with Crippen LogP contribution in [-0.4, -0.2) is 34.7 Å².